The van der Waals surface area contributed by atoms with Crippen LogP contribution in [0.4, 0.5) is 0 Å². The second-order valence-electron chi connectivity index (χ2n) is 5.61. The Balaban J connectivity index is 1.88. The molecule has 0 saturated carbocycles. The van der Waals surface area contributed by atoms with Gasteiger partial charge < -0.3 is 10.4 Å². The first-order valence-electron chi connectivity index (χ1n) is 7.32. The number of aliphatic carboxylic acids is 1. The number of nitrogens with one attached hydrogen (secondary N) is 1. The monoisotopic (exact) mass is 290 g/mol. The minimum atomic E-state index is -0.794. The lowest BCUT2D eigenvalue weighted by molar-refractivity contribution is -0.143. The molecule has 1 atom stereocenters. The summed E-state index contributed by atoms with van der Waals surface area (Å²) in [5.74, 6) is -0.838. The molecule has 1 amide bonds. The van der Waals surface area contributed by atoms with Crippen LogP contribution >= 0.6 is 0 Å². The zero-order valence-electron chi connectivity index (χ0n) is 12.5. The van der Waals surface area contributed by atoms with Crippen molar-refractivity contribution in [2.45, 2.75) is 38.8 Å². The van der Waals surface area contributed by atoms with Gasteiger partial charge in [-0.2, -0.15) is 0 Å². The molecule has 114 valence electrons. The third-order valence-electron chi connectivity index (χ3n) is 4.16. The van der Waals surface area contributed by atoms with Crippen molar-refractivity contribution in [2.75, 3.05) is 13.1 Å². The molecular formula is C16H22N2O3. The predicted octanol–water partition coefficient (Wildman–Crippen LogP) is 1.66. The Morgan fingerprint density at radius 3 is 2.48 bits per heavy atom. The maximum atomic E-state index is 12.2. The summed E-state index contributed by atoms with van der Waals surface area (Å²) in [6.45, 7) is 5.03. The van der Waals surface area contributed by atoms with E-state index in [-0.39, 0.29) is 11.9 Å². The highest BCUT2D eigenvalue weighted by molar-refractivity contribution is 5.95. The molecule has 5 nitrogen and oxygen atoms in total. The summed E-state index contributed by atoms with van der Waals surface area (Å²) < 4.78 is 0. The molecule has 0 bridgehead atoms. The van der Waals surface area contributed by atoms with E-state index in [0.717, 1.165) is 18.4 Å². The van der Waals surface area contributed by atoms with E-state index in [0.29, 0.717) is 18.7 Å². The minimum absolute atomic E-state index is 0.0437. The quantitative estimate of drug-likeness (QED) is 0.885. The van der Waals surface area contributed by atoms with Gasteiger partial charge in [-0.1, -0.05) is 18.2 Å². The van der Waals surface area contributed by atoms with E-state index >= 15 is 0 Å². The Morgan fingerprint density at radius 1 is 1.29 bits per heavy atom. The van der Waals surface area contributed by atoms with Gasteiger partial charge in [0.1, 0.15) is 6.04 Å². The third-order valence-corrected chi connectivity index (χ3v) is 4.16. The average molecular weight is 290 g/mol. The predicted molar refractivity (Wildman–Crippen MR) is 80.3 cm³/mol. The van der Waals surface area contributed by atoms with E-state index in [4.69, 9.17) is 5.11 Å². The summed E-state index contributed by atoms with van der Waals surface area (Å²) >= 11 is 0. The van der Waals surface area contributed by atoms with Crippen LogP contribution in [0.5, 0.6) is 0 Å². The van der Waals surface area contributed by atoms with E-state index in [2.05, 4.69) is 5.32 Å². The summed E-state index contributed by atoms with van der Waals surface area (Å²) in [5, 5.41) is 12.1. The standard InChI is InChI=1S/C16H22N2O3/c1-11-5-3-4-6-14(11)15(19)17-13-7-9-18(10-8-13)12(2)16(20)21/h3-6,12-13H,7-10H2,1-2H3,(H,17,19)(H,20,21). The molecule has 1 aromatic carbocycles. The van der Waals surface area contributed by atoms with Crippen LogP contribution in [0.25, 0.3) is 0 Å². The van der Waals surface area contributed by atoms with Crippen molar-refractivity contribution in [1.82, 2.24) is 10.2 Å². The minimum Gasteiger partial charge on any atom is -0.480 e. The molecule has 1 unspecified atom stereocenters. The highest BCUT2D eigenvalue weighted by Crippen LogP contribution is 2.15. The van der Waals surface area contributed by atoms with Gasteiger partial charge in [0.15, 0.2) is 0 Å². The van der Waals surface area contributed by atoms with Gasteiger partial charge in [0, 0.05) is 24.7 Å². The van der Waals surface area contributed by atoms with E-state index in [1.54, 1.807) is 6.92 Å². The molecule has 1 aromatic rings. The van der Waals surface area contributed by atoms with Crippen LogP contribution in [0.3, 0.4) is 0 Å². The number of carboxylic acids is 1. The number of amides is 1. The molecular weight excluding hydrogens is 268 g/mol. The summed E-state index contributed by atoms with van der Waals surface area (Å²) in [7, 11) is 0. The second-order valence-corrected chi connectivity index (χ2v) is 5.61. The van der Waals surface area contributed by atoms with Crippen molar-refractivity contribution in [3.8, 4) is 0 Å². The molecule has 5 heteroatoms. The van der Waals surface area contributed by atoms with Crippen LogP contribution in [0.2, 0.25) is 0 Å². The zero-order valence-corrected chi connectivity index (χ0v) is 12.5. The van der Waals surface area contributed by atoms with Gasteiger partial charge in [-0.05, 0) is 38.3 Å². The van der Waals surface area contributed by atoms with E-state index in [1.165, 1.54) is 0 Å². The maximum Gasteiger partial charge on any atom is 0.320 e. The lowest BCUT2D eigenvalue weighted by atomic mass is 10.0. The van der Waals surface area contributed by atoms with Gasteiger partial charge >= 0.3 is 5.97 Å². The topological polar surface area (TPSA) is 69.6 Å². The van der Waals surface area contributed by atoms with Crippen molar-refractivity contribution in [1.29, 1.82) is 0 Å². The number of rotatable bonds is 4. The summed E-state index contributed by atoms with van der Waals surface area (Å²) in [6.07, 6.45) is 1.57. The number of benzene rings is 1. The normalized spacial score (nSPS) is 18.2. The van der Waals surface area contributed by atoms with Crippen molar-refractivity contribution >= 4 is 11.9 Å². The Labute approximate surface area is 125 Å². The number of carbonyl (C=O) groups excluding carboxylic acids is 1. The molecule has 1 aliphatic rings. The van der Waals surface area contributed by atoms with Gasteiger partial charge in [0.25, 0.3) is 5.91 Å². The third kappa shape index (κ3) is 3.82. The van der Waals surface area contributed by atoms with Crippen molar-refractivity contribution in [3.05, 3.63) is 35.4 Å². The number of likely N-dealkylation sites (tertiary alicyclic amines) is 1. The molecule has 21 heavy (non-hydrogen) atoms. The number of hydrogen-bond acceptors (Lipinski definition) is 3. The summed E-state index contributed by atoms with van der Waals surface area (Å²) in [6, 6.07) is 7.18. The highest BCUT2D eigenvalue weighted by Gasteiger charge is 2.27. The first-order chi connectivity index (χ1) is 9.99. The zero-order chi connectivity index (χ0) is 15.4. The largest absolute Gasteiger partial charge is 0.480 e. The van der Waals surface area contributed by atoms with Gasteiger partial charge in [-0.3, -0.25) is 14.5 Å². The van der Waals surface area contributed by atoms with E-state index in [1.807, 2.05) is 36.1 Å². The van der Waals surface area contributed by atoms with Gasteiger partial charge in [-0.15, -0.1) is 0 Å². The molecule has 0 spiro atoms. The Morgan fingerprint density at radius 2 is 1.90 bits per heavy atom. The average Bonchev–Trinajstić information content (AvgIpc) is 2.47. The Kier molecular flexibility index (Phi) is 4.96. The van der Waals surface area contributed by atoms with Crippen LogP contribution in [0.15, 0.2) is 24.3 Å². The lowest BCUT2D eigenvalue weighted by Gasteiger charge is -2.34. The first-order valence-corrected chi connectivity index (χ1v) is 7.32. The molecule has 1 saturated heterocycles. The summed E-state index contributed by atoms with van der Waals surface area (Å²) in [4.78, 5) is 25.2. The van der Waals surface area contributed by atoms with Gasteiger partial charge in [-0.25, -0.2) is 0 Å². The fraction of sp³-hybridized carbons (Fsp3) is 0.500. The molecule has 2 rings (SSSR count). The first kappa shape index (κ1) is 15.5. The number of carbonyl (C=O) groups is 2. The van der Waals surface area contributed by atoms with Crippen molar-refractivity contribution < 1.29 is 14.7 Å². The lowest BCUT2D eigenvalue weighted by Crippen LogP contribution is -2.49. The second kappa shape index (κ2) is 6.72. The van der Waals surface area contributed by atoms with Crippen LogP contribution in [-0.4, -0.2) is 47.1 Å². The van der Waals surface area contributed by atoms with Crippen molar-refractivity contribution in [3.63, 3.8) is 0 Å². The number of carboxylic acid groups (broad SMARTS) is 1. The Bertz CT molecular complexity index is 522. The smallest absolute Gasteiger partial charge is 0.320 e. The number of hydrogen-bond donors (Lipinski definition) is 2. The molecule has 1 fully saturated rings. The molecule has 2 N–H and O–H groups in total. The van der Waals surface area contributed by atoms with Crippen LogP contribution < -0.4 is 5.32 Å². The molecule has 1 aliphatic heterocycles. The number of aryl methyl sites for hydroxylation is 1. The van der Waals surface area contributed by atoms with Crippen molar-refractivity contribution in [2.24, 2.45) is 0 Å². The van der Waals surface area contributed by atoms with Crippen LogP contribution in [0, 0.1) is 6.92 Å². The molecule has 0 aromatic heterocycles. The summed E-state index contributed by atoms with van der Waals surface area (Å²) in [5.41, 5.74) is 1.67. The number of piperidine rings is 1. The van der Waals surface area contributed by atoms with Crippen LogP contribution in [0.1, 0.15) is 35.7 Å². The van der Waals surface area contributed by atoms with Gasteiger partial charge in [0.2, 0.25) is 0 Å². The van der Waals surface area contributed by atoms with E-state index < -0.39 is 12.0 Å². The van der Waals surface area contributed by atoms with Crippen LogP contribution in [-0.2, 0) is 4.79 Å². The number of nitrogens with zero attached hydrogens (tertiary/aromatic N) is 1. The Hall–Kier alpha value is -1.88. The fourth-order valence-electron chi connectivity index (χ4n) is 2.68. The van der Waals surface area contributed by atoms with Gasteiger partial charge in [0.05, 0.1) is 0 Å². The van der Waals surface area contributed by atoms with E-state index in [9.17, 15) is 9.59 Å². The fourth-order valence-corrected chi connectivity index (χ4v) is 2.68. The SMILES string of the molecule is Cc1ccccc1C(=O)NC1CCN(C(C)C(=O)O)CC1. The molecule has 1 heterocycles. The molecule has 0 radical (unpaired) electrons. The maximum absolute atomic E-state index is 12.2. The highest BCUT2D eigenvalue weighted by atomic mass is 16.4. The molecule has 0 aliphatic carbocycles.